The van der Waals surface area contributed by atoms with Crippen LogP contribution in [0.1, 0.15) is 37.1 Å². The fourth-order valence-electron chi connectivity index (χ4n) is 1.29. The van der Waals surface area contributed by atoms with Crippen molar-refractivity contribution in [3.63, 3.8) is 0 Å². The first-order valence-corrected chi connectivity index (χ1v) is 5.13. The molecule has 5 heteroatoms. The molecule has 0 aromatic carbocycles. The molecule has 17 heavy (non-hydrogen) atoms. The molecule has 1 aromatic rings. The zero-order valence-electron chi connectivity index (χ0n) is 9.38. The van der Waals surface area contributed by atoms with Gasteiger partial charge in [-0.15, -0.1) is 11.8 Å². The maximum absolute atomic E-state index is 12.3. The monoisotopic (exact) mass is 242 g/mol. The van der Waals surface area contributed by atoms with Crippen LogP contribution in [0.2, 0.25) is 0 Å². The molecule has 1 atom stereocenters. The lowest BCUT2D eigenvalue weighted by Gasteiger charge is -2.11. The van der Waals surface area contributed by atoms with E-state index in [1.165, 1.54) is 6.07 Å². The Morgan fingerprint density at radius 1 is 1.41 bits per heavy atom. The van der Waals surface area contributed by atoms with Crippen LogP contribution in [-0.2, 0) is 6.18 Å². The summed E-state index contributed by atoms with van der Waals surface area (Å²) in [5.41, 5.74) is 5.48. The Bertz CT molecular complexity index is 412. The van der Waals surface area contributed by atoms with Gasteiger partial charge in [-0.1, -0.05) is 0 Å². The highest BCUT2D eigenvalue weighted by atomic mass is 19.4. The first kappa shape index (κ1) is 13.5. The van der Waals surface area contributed by atoms with Crippen LogP contribution in [0.25, 0.3) is 0 Å². The largest absolute Gasteiger partial charge is 0.417 e. The lowest BCUT2D eigenvalue weighted by molar-refractivity contribution is -0.137. The van der Waals surface area contributed by atoms with Gasteiger partial charge in [0.05, 0.1) is 11.3 Å². The third kappa shape index (κ3) is 4.08. The Morgan fingerprint density at radius 3 is 2.59 bits per heavy atom. The molecule has 1 rings (SSSR count). The number of hydrogen-bond acceptors (Lipinski definition) is 2. The van der Waals surface area contributed by atoms with Crippen LogP contribution >= 0.6 is 0 Å². The standard InChI is InChI=1S/C12H13F3N2/c1-2-3-4-5-10(16)11-7-6-9(8-17-11)12(13,14)15/h6-8,10H,4-5,16H2,1H3. The van der Waals surface area contributed by atoms with Gasteiger partial charge in [0, 0.05) is 18.7 Å². The topological polar surface area (TPSA) is 38.9 Å². The van der Waals surface area contributed by atoms with Gasteiger partial charge in [0.15, 0.2) is 0 Å². The summed E-state index contributed by atoms with van der Waals surface area (Å²) < 4.78 is 36.8. The predicted molar refractivity (Wildman–Crippen MR) is 58.9 cm³/mol. The van der Waals surface area contributed by atoms with Crippen LogP contribution < -0.4 is 5.73 Å². The summed E-state index contributed by atoms with van der Waals surface area (Å²) >= 11 is 0. The number of hydrogen-bond donors (Lipinski definition) is 1. The van der Waals surface area contributed by atoms with E-state index in [1.54, 1.807) is 6.92 Å². The van der Waals surface area contributed by atoms with Crippen molar-refractivity contribution < 1.29 is 13.2 Å². The second kappa shape index (κ2) is 5.69. The van der Waals surface area contributed by atoms with E-state index < -0.39 is 11.7 Å². The van der Waals surface area contributed by atoms with Gasteiger partial charge in [-0.05, 0) is 25.5 Å². The van der Waals surface area contributed by atoms with E-state index in [2.05, 4.69) is 16.8 Å². The van der Waals surface area contributed by atoms with Crippen molar-refractivity contribution in [1.29, 1.82) is 0 Å². The fourth-order valence-corrected chi connectivity index (χ4v) is 1.29. The number of halogens is 3. The smallest absolute Gasteiger partial charge is 0.323 e. The van der Waals surface area contributed by atoms with Crippen LogP contribution in [0.4, 0.5) is 13.2 Å². The molecule has 2 N–H and O–H groups in total. The minimum Gasteiger partial charge on any atom is -0.323 e. The molecule has 0 aliphatic carbocycles. The molecule has 0 amide bonds. The first-order chi connectivity index (χ1) is 7.95. The van der Waals surface area contributed by atoms with E-state index >= 15 is 0 Å². The Hall–Kier alpha value is -1.54. The van der Waals surface area contributed by atoms with Crippen molar-refractivity contribution in [2.45, 2.75) is 32.0 Å². The zero-order valence-corrected chi connectivity index (χ0v) is 9.38. The normalized spacial score (nSPS) is 12.8. The van der Waals surface area contributed by atoms with Crippen LogP contribution in [0.5, 0.6) is 0 Å². The molecule has 1 heterocycles. The highest BCUT2D eigenvalue weighted by molar-refractivity contribution is 5.18. The average molecular weight is 242 g/mol. The maximum Gasteiger partial charge on any atom is 0.417 e. The minimum absolute atomic E-state index is 0.377. The van der Waals surface area contributed by atoms with Gasteiger partial charge in [0.1, 0.15) is 0 Å². The summed E-state index contributed by atoms with van der Waals surface area (Å²) in [4.78, 5) is 3.73. The SMILES string of the molecule is CC#CCCC(N)c1ccc(C(F)(F)F)cn1. The van der Waals surface area contributed by atoms with Crippen LogP contribution in [0.15, 0.2) is 18.3 Å². The van der Waals surface area contributed by atoms with E-state index in [0.29, 0.717) is 18.5 Å². The first-order valence-electron chi connectivity index (χ1n) is 5.13. The number of nitrogens with zero attached hydrogens (tertiary/aromatic N) is 1. The molecule has 0 fully saturated rings. The van der Waals surface area contributed by atoms with Crippen molar-refractivity contribution in [1.82, 2.24) is 4.98 Å². The highest BCUT2D eigenvalue weighted by Gasteiger charge is 2.30. The van der Waals surface area contributed by atoms with Crippen molar-refractivity contribution >= 4 is 0 Å². The van der Waals surface area contributed by atoms with Crippen molar-refractivity contribution in [2.75, 3.05) is 0 Å². The van der Waals surface area contributed by atoms with E-state index in [1.807, 2.05) is 0 Å². The van der Waals surface area contributed by atoms with Crippen LogP contribution in [-0.4, -0.2) is 4.98 Å². The van der Waals surface area contributed by atoms with Crippen LogP contribution in [0, 0.1) is 11.8 Å². The molecular weight excluding hydrogens is 229 g/mol. The molecular formula is C12H13F3N2. The Morgan fingerprint density at radius 2 is 2.12 bits per heavy atom. The second-order valence-electron chi connectivity index (χ2n) is 3.54. The van der Waals surface area contributed by atoms with E-state index in [0.717, 1.165) is 12.3 Å². The molecule has 0 bridgehead atoms. The van der Waals surface area contributed by atoms with Gasteiger partial charge in [-0.3, -0.25) is 4.98 Å². The number of nitrogens with two attached hydrogens (primary N) is 1. The van der Waals surface area contributed by atoms with E-state index in [-0.39, 0.29) is 6.04 Å². The quantitative estimate of drug-likeness (QED) is 0.828. The number of alkyl halides is 3. The van der Waals surface area contributed by atoms with Gasteiger partial charge in [0.25, 0.3) is 0 Å². The summed E-state index contributed by atoms with van der Waals surface area (Å²) in [7, 11) is 0. The second-order valence-corrected chi connectivity index (χ2v) is 3.54. The minimum atomic E-state index is -4.36. The van der Waals surface area contributed by atoms with E-state index in [4.69, 9.17) is 5.73 Å². The highest BCUT2D eigenvalue weighted by Crippen LogP contribution is 2.29. The third-order valence-corrected chi connectivity index (χ3v) is 2.25. The summed E-state index contributed by atoms with van der Waals surface area (Å²) in [6.45, 7) is 1.72. The molecule has 92 valence electrons. The Kier molecular flexibility index (Phi) is 4.53. The molecule has 0 saturated heterocycles. The number of pyridine rings is 1. The predicted octanol–water partition coefficient (Wildman–Crippen LogP) is 2.90. The summed E-state index contributed by atoms with van der Waals surface area (Å²) in [6.07, 6.45) is -2.36. The van der Waals surface area contributed by atoms with Gasteiger partial charge >= 0.3 is 6.18 Å². The zero-order chi connectivity index (χ0) is 12.9. The summed E-state index contributed by atoms with van der Waals surface area (Å²) in [5, 5.41) is 0. The third-order valence-electron chi connectivity index (χ3n) is 2.25. The molecule has 1 aromatic heterocycles. The van der Waals surface area contributed by atoms with Gasteiger partial charge < -0.3 is 5.73 Å². The van der Waals surface area contributed by atoms with Crippen molar-refractivity contribution in [2.24, 2.45) is 5.73 Å². The average Bonchev–Trinajstić information content (AvgIpc) is 2.28. The Labute approximate surface area is 98.0 Å². The van der Waals surface area contributed by atoms with E-state index in [9.17, 15) is 13.2 Å². The maximum atomic E-state index is 12.3. The molecule has 0 aliphatic heterocycles. The van der Waals surface area contributed by atoms with Gasteiger partial charge in [0.2, 0.25) is 0 Å². The van der Waals surface area contributed by atoms with Crippen LogP contribution in [0.3, 0.4) is 0 Å². The molecule has 0 saturated carbocycles. The van der Waals surface area contributed by atoms with Crippen molar-refractivity contribution in [3.8, 4) is 11.8 Å². The fraction of sp³-hybridized carbons (Fsp3) is 0.417. The molecule has 0 spiro atoms. The lowest BCUT2D eigenvalue weighted by Crippen LogP contribution is -2.13. The number of aromatic nitrogens is 1. The summed E-state index contributed by atoms with van der Waals surface area (Å²) in [5.74, 6) is 5.58. The molecule has 0 aliphatic rings. The van der Waals surface area contributed by atoms with Gasteiger partial charge in [-0.25, -0.2) is 0 Å². The Balaban J connectivity index is 2.69. The van der Waals surface area contributed by atoms with Gasteiger partial charge in [-0.2, -0.15) is 13.2 Å². The molecule has 1 unspecified atom stereocenters. The number of rotatable bonds is 3. The molecule has 2 nitrogen and oxygen atoms in total. The summed E-state index contributed by atoms with van der Waals surface area (Å²) in [6, 6.07) is 1.93. The molecule has 0 radical (unpaired) electrons. The lowest BCUT2D eigenvalue weighted by atomic mass is 10.1. The van der Waals surface area contributed by atoms with Crippen molar-refractivity contribution in [3.05, 3.63) is 29.6 Å².